The normalized spacial score (nSPS) is 36.7. The van der Waals surface area contributed by atoms with Gasteiger partial charge in [-0.15, -0.1) is 0 Å². The molecule has 2 nitrogen and oxygen atoms in total. The van der Waals surface area contributed by atoms with Crippen LogP contribution in [0, 0.1) is 0 Å². The minimum absolute atomic E-state index is 0.425. The summed E-state index contributed by atoms with van der Waals surface area (Å²) in [5, 5.41) is 3.74. The molecule has 2 aliphatic carbocycles. The molecule has 0 saturated heterocycles. The second-order valence-corrected chi connectivity index (χ2v) is 4.70. The lowest BCUT2D eigenvalue weighted by Gasteiger charge is -2.31. The third-order valence-electron chi connectivity index (χ3n) is 3.62. The third-order valence-corrected chi connectivity index (χ3v) is 3.62. The van der Waals surface area contributed by atoms with Crippen molar-refractivity contribution in [2.24, 2.45) is 5.73 Å². The predicted octanol–water partition coefficient (Wildman–Crippen LogP) is 1.79. The van der Waals surface area contributed by atoms with Crippen LogP contribution in [0.5, 0.6) is 0 Å². The number of nitrogens with one attached hydrogen (secondary N) is 1. The van der Waals surface area contributed by atoms with Gasteiger partial charge in [0.05, 0.1) is 0 Å². The summed E-state index contributed by atoms with van der Waals surface area (Å²) >= 11 is 0. The van der Waals surface area contributed by atoms with Crippen LogP contribution in [-0.2, 0) is 0 Å². The Hall–Kier alpha value is -0.0800. The van der Waals surface area contributed by atoms with Gasteiger partial charge in [-0.2, -0.15) is 0 Å². The molecule has 0 radical (unpaired) electrons. The van der Waals surface area contributed by atoms with Crippen LogP contribution >= 0.6 is 0 Å². The molecule has 2 aliphatic rings. The molecule has 0 aliphatic heterocycles. The summed E-state index contributed by atoms with van der Waals surface area (Å²) in [5.74, 6) is 0. The quantitative estimate of drug-likeness (QED) is 0.683. The zero-order chi connectivity index (χ0) is 9.10. The summed E-state index contributed by atoms with van der Waals surface area (Å²) in [6, 6.07) is 1.83. The van der Waals surface area contributed by atoms with Gasteiger partial charge in [0, 0.05) is 18.1 Å². The fraction of sp³-hybridized carbons (Fsp3) is 1.00. The highest BCUT2D eigenvalue weighted by Gasteiger charge is 2.25. The van der Waals surface area contributed by atoms with E-state index in [9.17, 15) is 0 Å². The van der Waals surface area contributed by atoms with Gasteiger partial charge in [-0.3, -0.25) is 0 Å². The van der Waals surface area contributed by atoms with Gasteiger partial charge >= 0.3 is 0 Å². The molecule has 2 saturated carbocycles. The van der Waals surface area contributed by atoms with Crippen molar-refractivity contribution < 1.29 is 0 Å². The van der Waals surface area contributed by atoms with Crippen LogP contribution in [0.1, 0.15) is 51.4 Å². The highest BCUT2D eigenvalue weighted by molar-refractivity contribution is 4.87. The van der Waals surface area contributed by atoms with E-state index in [1.54, 1.807) is 0 Å². The first-order valence-electron chi connectivity index (χ1n) is 5.88. The van der Waals surface area contributed by atoms with Crippen LogP contribution in [-0.4, -0.2) is 18.1 Å². The summed E-state index contributed by atoms with van der Waals surface area (Å²) in [7, 11) is 0. The standard InChI is InChI=1S/C11H22N2/c12-10-7-3-4-8-11(10)13-9-5-1-2-6-9/h9-11,13H,1-8,12H2/t10-,11+/m0/s1. The molecule has 76 valence electrons. The number of rotatable bonds is 2. The van der Waals surface area contributed by atoms with E-state index in [4.69, 9.17) is 5.73 Å². The summed E-state index contributed by atoms with van der Waals surface area (Å²) in [6.07, 6.45) is 10.8. The Morgan fingerprint density at radius 3 is 2.15 bits per heavy atom. The van der Waals surface area contributed by atoms with Crippen molar-refractivity contribution in [3.63, 3.8) is 0 Å². The van der Waals surface area contributed by atoms with Crippen LogP contribution in [0.15, 0.2) is 0 Å². The molecule has 0 aromatic rings. The molecular formula is C11H22N2. The van der Waals surface area contributed by atoms with Gasteiger partial charge in [-0.1, -0.05) is 25.7 Å². The highest BCUT2D eigenvalue weighted by Crippen LogP contribution is 2.22. The number of hydrogen-bond acceptors (Lipinski definition) is 2. The van der Waals surface area contributed by atoms with Crippen LogP contribution in [0.4, 0.5) is 0 Å². The molecule has 2 heteroatoms. The minimum atomic E-state index is 0.425. The lowest BCUT2D eigenvalue weighted by atomic mass is 9.90. The SMILES string of the molecule is N[C@H]1CCCC[C@H]1NC1CCCC1. The van der Waals surface area contributed by atoms with E-state index in [2.05, 4.69) is 5.32 Å². The van der Waals surface area contributed by atoms with E-state index in [0.29, 0.717) is 12.1 Å². The van der Waals surface area contributed by atoms with Gasteiger partial charge in [0.2, 0.25) is 0 Å². The van der Waals surface area contributed by atoms with Gasteiger partial charge in [-0.25, -0.2) is 0 Å². The summed E-state index contributed by atoms with van der Waals surface area (Å²) < 4.78 is 0. The Bertz CT molecular complexity index is 152. The fourth-order valence-corrected chi connectivity index (χ4v) is 2.76. The smallest absolute Gasteiger partial charge is 0.0221 e. The van der Waals surface area contributed by atoms with E-state index in [1.807, 2.05) is 0 Å². The molecule has 0 bridgehead atoms. The second kappa shape index (κ2) is 4.43. The molecule has 0 aromatic carbocycles. The highest BCUT2D eigenvalue weighted by atomic mass is 15.0. The van der Waals surface area contributed by atoms with E-state index < -0.39 is 0 Å². The van der Waals surface area contributed by atoms with Crippen molar-refractivity contribution in [1.82, 2.24) is 5.32 Å². The molecule has 13 heavy (non-hydrogen) atoms. The second-order valence-electron chi connectivity index (χ2n) is 4.70. The Morgan fingerprint density at radius 2 is 1.46 bits per heavy atom. The van der Waals surface area contributed by atoms with Crippen molar-refractivity contribution in [2.75, 3.05) is 0 Å². The van der Waals surface area contributed by atoms with Crippen molar-refractivity contribution >= 4 is 0 Å². The molecule has 3 N–H and O–H groups in total. The predicted molar refractivity (Wildman–Crippen MR) is 55.6 cm³/mol. The van der Waals surface area contributed by atoms with Crippen LogP contribution in [0.2, 0.25) is 0 Å². The average molecular weight is 182 g/mol. The van der Waals surface area contributed by atoms with Gasteiger partial charge in [0.1, 0.15) is 0 Å². The first-order valence-corrected chi connectivity index (χ1v) is 5.88. The van der Waals surface area contributed by atoms with E-state index in [1.165, 1.54) is 51.4 Å². The zero-order valence-electron chi connectivity index (χ0n) is 8.47. The van der Waals surface area contributed by atoms with Gasteiger partial charge in [0.25, 0.3) is 0 Å². The van der Waals surface area contributed by atoms with Gasteiger partial charge in [-0.05, 0) is 25.7 Å². The zero-order valence-corrected chi connectivity index (χ0v) is 8.47. The van der Waals surface area contributed by atoms with Crippen molar-refractivity contribution in [2.45, 2.75) is 69.5 Å². The number of hydrogen-bond donors (Lipinski definition) is 2. The Kier molecular flexibility index (Phi) is 3.23. The Morgan fingerprint density at radius 1 is 0.846 bits per heavy atom. The minimum Gasteiger partial charge on any atom is -0.326 e. The Balaban J connectivity index is 1.78. The van der Waals surface area contributed by atoms with E-state index in [-0.39, 0.29) is 0 Å². The van der Waals surface area contributed by atoms with Crippen LogP contribution in [0.25, 0.3) is 0 Å². The van der Waals surface area contributed by atoms with Crippen molar-refractivity contribution in [3.8, 4) is 0 Å². The van der Waals surface area contributed by atoms with Crippen molar-refractivity contribution in [3.05, 3.63) is 0 Å². The monoisotopic (exact) mass is 182 g/mol. The van der Waals surface area contributed by atoms with Crippen LogP contribution in [0.3, 0.4) is 0 Å². The van der Waals surface area contributed by atoms with Crippen LogP contribution < -0.4 is 11.1 Å². The topological polar surface area (TPSA) is 38.0 Å². The molecule has 0 aromatic heterocycles. The molecule has 0 spiro atoms. The van der Waals surface area contributed by atoms with Gasteiger partial charge in [0.15, 0.2) is 0 Å². The Labute approximate surface area is 81.3 Å². The fourth-order valence-electron chi connectivity index (χ4n) is 2.76. The third kappa shape index (κ3) is 2.44. The number of nitrogens with two attached hydrogens (primary N) is 1. The summed E-state index contributed by atoms with van der Waals surface area (Å²) in [4.78, 5) is 0. The first kappa shape index (κ1) is 9.47. The maximum absolute atomic E-state index is 6.09. The average Bonchev–Trinajstić information content (AvgIpc) is 2.61. The van der Waals surface area contributed by atoms with Crippen molar-refractivity contribution in [1.29, 1.82) is 0 Å². The molecule has 0 heterocycles. The molecular weight excluding hydrogens is 160 g/mol. The molecule has 2 fully saturated rings. The largest absolute Gasteiger partial charge is 0.326 e. The summed E-state index contributed by atoms with van der Waals surface area (Å²) in [6.45, 7) is 0. The van der Waals surface area contributed by atoms with E-state index in [0.717, 1.165) is 6.04 Å². The van der Waals surface area contributed by atoms with Gasteiger partial charge < -0.3 is 11.1 Å². The molecule has 0 unspecified atom stereocenters. The maximum Gasteiger partial charge on any atom is 0.0221 e. The molecule has 0 amide bonds. The first-order chi connectivity index (χ1) is 6.36. The van der Waals surface area contributed by atoms with E-state index >= 15 is 0 Å². The summed E-state index contributed by atoms with van der Waals surface area (Å²) in [5.41, 5.74) is 6.09. The lowest BCUT2D eigenvalue weighted by molar-refractivity contribution is 0.300. The molecule has 2 atom stereocenters. The maximum atomic E-state index is 6.09. The molecule has 2 rings (SSSR count). The lowest BCUT2D eigenvalue weighted by Crippen LogP contribution is -2.50.